The maximum Gasteiger partial charge on any atom is 0.251 e. The minimum atomic E-state index is -0.165. The molecule has 0 aliphatic carbocycles. The predicted molar refractivity (Wildman–Crippen MR) is 113 cm³/mol. The molecule has 1 fully saturated rings. The van der Waals surface area contributed by atoms with Crippen molar-refractivity contribution < 1.29 is 4.74 Å². The van der Waals surface area contributed by atoms with E-state index in [1.165, 1.54) is 11.6 Å². The summed E-state index contributed by atoms with van der Waals surface area (Å²) in [5.41, 5.74) is 3.50. The van der Waals surface area contributed by atoms with Crippen LogP contribution in [0.5, 0.6) is 0 Å². The van der Waals surface area contributed by atoms with Crippen molar-refractivity contribution in [2.45, 2.75) is 19.4 Å². The smallest absolute Gasteiger partial charge is 0.251 e. The number of pyridine rings is 1. The molecule has 6 heteroatoms. The first kappa shape index (κ1) is 19.5. The van der Waals surface area contributed by atoms with Gasteiger partial charge in [-0.1, -0.05) is 24.3 Å². The predicted octanol–water partition coefficient (Wildman–Crippen LogP) is 3.36. The molecule has 6 nitrogen and oxygen atoms in total. The maximum absolute atomic E-state index is 12.1. The highest BCUT2D eigenvalue weighted by Gasteiger charge is 2.16. The summed E-state index contributed by atoms with van der Waals surface area (Å²) in [6.45, 7) is 3.76. The molecule has 0 saturated carbocycles. The average molecular weight is 390 g/mol. The molecule has 0 atom stereocenters. The fraction of sp³-hybridized carbons (Fsp3) is 0.348. The number of nitrogens with zero attached hydrogens (tertiary/aromatic N) is 3. The van der Waals surface area contributed by atoms with Gasteiger partial charge >= 0.3 is 0 Å². The summed E-state index contributed by atoms with van der Waals surface area (Å²) in [5, 5.41) is 0. The molecular weight excluding hydrogens is 364 g/mol. The number of hydrogen-bond donors (Lipinski definition) is 1. The summed E-state index contributed by atoms with van der Waals surface area (Å²) in [6.07, 6.45) is 5.69. The zero-order chi connectivity index (χ0) is 20.1. The fourth-order valence-electron chi connectivity index (χ4n) is 3.78. The van der Waals surface area contributed by atoms with Gasteiger partial charge in [-0.25, -0.2) is 4.98 Å². The number of rotatable bonds is 6. The average Bonchev–Trinajstić information content (AvgIpc) is 2.75. The highest BCUT2D eigenvalue weighted by atomic mass is 16.5. The molecule has 3 aromatic rings. The first-order valence-corrected chi connectivity index (χ1v) is 10.0. The Bertz CT molecular complexity index is 980. The third kappa shape index (κ3) is 5.16. The molecule has 0 spiro atoms. The van der Waals surface area contributed by atoms with Crippen LogP contribution in [0.1, 0.15) is 18.4 Å². The minimum Gasteiger partial charge on any atom is -0.381 e. The normalized spacial score (nSPS) is 15.0. The Morgan fingerprint density at radius 2 is 1.79 bits per heavy atom. The lowest BCUT2D eigenvalue weighted by Gasteiger charge is -2.27. The molecule has 29 heavy (non-hydrogen) atoms. The van der Waals surface area contributed by atoms with Crippen LogP contribution >= 0.6 is 0 Å². The zero-order valence-electron chi connectivity index (χ0n) is 16.7. The summed E-state index contributed by atoms with van der Waals surface area (Å²) in [4.78, 5) is 26.0. The van der Waals surface area contributed by atoms with Crippen LogP contribution in [0.4, 0.5) is 0 Å². The quantitative estimate of drug-likeness (QED) is 0.699. The van der Waals surface area contributed by atoms with Crippen molar-refractivity contribution in [2.75, 3.05) is 26.8 Å². The van der Waals surface area contributed by atoms with Crippen molar-refractivity contribution in [3.63, 3.8) is 0 Å². The number of hydrogen-bond acceptors (Lipinski definition) is 5. The molecular formula is C23H26N4O2. The summed E-state index contributed by atoms with van der Waals surface area (Å²) in [7, 11) is 2.17. The number of H-pyrrole nitrogens is 1. The van der Waals surface area contributed by atoms with Gasteiger partial charge in [0.15, 0.2) is 0 Å². The molecule has 1 aromatic carbocycles. The second-order valence-electron chi connectivity index (χ2n) is 7.66. The molecule has 2 aromatic heterocycles. The summed E-state index contributed by atoms with van der Waals surface area (Å²) in [6, 6.07) is 13.5. The standard InChI is InChI=1S/C23H26N4O2/c1-27(16-18-8-12-29-13-9-18)15-17-2-4-20(5-3-17)23-25-21(14-22(28)26-23)19-6-10-24-11-7-19/h2-7,10-11,14,18H,8-9,12-13,15-16H2,1H3,(H,25,26,28). The third-order valence-electron chi connectivity index (χ3n) is 5.31. The molecule has 3 heterocycles. The van der Waals surface area contributed by atoms with Gasteiger partial charge in [0.05, 0.1) is 5.69 Å². The Morgan fingerprint density at radius 3 is 2.52 bits per heavy atom. The molecule has 1 saturated heterocycles. The fourth-order valence-corrected chi connectivity index (χ4v) is 3.78. The van der Waals surface area contributed by atoms with Gasteiger partial charge in [-0.2, -0.15) is 0 Å². The van der Waals surface area contributed by atoms with Crippen LogP contribution in [0.2, 0.25) is 0 Å². The third-order valence-corrected chi connectivity index (χ3v) is 5.31. The van der Waals surface area contributed by atoms with Crippen molar-refractivity contribution in [1.82, 2.24) is 19.9 Å². The summed E-state index contributed by atoms with van der Waals surface area (Å²) in [5.74, 6) is 1.30. The van der Waals surface area contributed by atoms with Crippen LogP contribution < -0.4 is 5.56 Å². The number of aromatic amines is 1. The van der Waals surface area contributed by atoms with Crippen molar-refractivity contribution in [1.29, 1.82) is 0 Å². The Balaban J connectivity index is 1.46. The van der Waals surface area contributed by atoms with Gasteiger partial charge in [0, 0.05) is 55.9 Å². The number of nitrogens with one attached hydrogen (secondary N) is 1. The monoisotopic (exact) mass is 390 g/mol. The lowest BCUT2D eigenvalue weighted by atomic mass is 9.99. The molecule has 0 amide bonds. The van der Waals surface area contributed by atoms with Gasteiger partial charge in [0.2, 0.25) is 0 Å². The van der Waals surface area contributed by atoms with Gasteiger partial charge in [-0.15, -0.1) is 0 Å². The summed E-state index contributed by atoms with van der Waals surface area (Å²) >= 11 is 0. The van der Waals surface area contributed by atoms with Gasteiger partial charge in [-0.3, -0.25) is 9.78 Å². The molecule has 0 bridgehead atoms. The highest BCUT2D eigenvalue weighted by molar-refractivity contribution is 5.63. The van der Waals surface area contributed by atoms with E-state index in [9.17, 15) is 4.79 Å². The Kier molecular flexibility index (Phi) is 6.12. The molecule has 1 aliphatic heterocycles. The lowest BCUT2D eigenvalue weighted by molar-refractivity contribution is 0.0549. The lowest BCUT2D eigenvalue weighted by Crippen LogP contribution is -2.29. The van der Waals surface area contributed by atoms with Crippen LogP contribution in [0, 0.1) is 5.92 Å². The molecule has 1 N–H and O–H groups in total. The van der Waals surface area contributed by atoms with E-state index in [1.807, 2.05) is 24.3 Å². The molecule has 150 valence electrons. The number of aromatic nitrogens is 3. The maximum atomic E-state index is 12.1. The van der Waals surface area contributed by atoms with E-state index in [4.69, 9.17) is 4.74 Å². The first-order chi connectivity index (χ1) is 14.2. The Hall–Kier alpha value is -2.83. The molecule has 4 rings (SSSR count). The summed E-state index contributed by atoms with van der Waals surface area (Å²) < 4.78 is 5.45. The van der Waals surface area contributed by atoms with Gasteiger partial charge < -0.3 is 14.6 Å². The van der Waals surface area contributed by atoms with Gasteiger partial charge in [0.25, 0.3) is 5.56 Å². The Morgan fingerprint density at radius 1 is 1.07 bits per heavy atom. The molecule has 0 unspecified atom stereocenters. The van der Waals surface area contributed by atoms with Crippen LogP contribution in [0.15, 0.2) is 59.7 Å². The van der Waals surface area contributed by atoms with E-state index in [1.54, 1.807) is 12.4 Å². The highest BCUT2D eigenvalue weighted by Crippen LogP contribution is 2.21. The van der Waals surface area contributed by atoms with Gasteiger partial charge in [-0.05, 0) is 43.5 Å². The van der Waals surface area contributed by atoms with Crippen LogP contribution in [0.25, 0.3) is 22.6 Å². The van der Waals surface area contributed by atoms with Crippen LogP contribution in [-0.4, -0.2) is 46.7 Å². The number of benzene rings is 1. The Labute approximate surface area is 170 Å². The topological polar surface area (TPSA) is 71.1 Å². The second kappa shape index (κ2) is 9.11. The van der Waals surface area contributed by atoms with E-state index in [0.29, 0.717) is 11.5 Å². The first-order valence-electron chi connectivity index (χ1n) is 10.0. The second-order valence-corrected chi connectivity index (χ2v) is 7.66. The van der Waals surface area contributed by atoms with E-state index in [2.05, 4.69) is 39.0 Å². The van der Waals surface area contributed by atoms with Crippen LogP contribution in [-0.2, 0) is 11.3 Å². The van der Waals surface area contributed by atoms with Crippen molar-refractivity contribution >= 4 is 0 Å². The minimum absolute atomic E-state index is 0.165. The van der Waals surface area contributed by atoms with E-state index < -0.39 is 0 Å². The largest absolute Gasteiger partial charge is 0.381 e. The van der Waals surface area contributed by atoms with Crippen molar-refractivity contribution in [3.05, 3.63) is 70.8 Å². The zero-order valence-corrected chi connectivity index (χ0v) is 16.7. The van der Waals surface area contributed by atoms with Gasteiger partial charge in [0.1, 0.15) is 5.82 Å². The molecule has 0 radical (unpaired) electrons. The molecule has 1 aliphatic rings. The van der Waals surface area contributed by atoms with Crippen molar-refractivity contribution in [3.8, 4) is 22.6 Å². The van der Waals surface area contributed by atoms with E-state index in [0.717, 1.165) is 56.2 Å². The van der Waals surface area contributed by atoms with E-state index in [-0.39, 0.29) is 5.56 Å². The SMILES string of the molecule is CN(Cc1ccc(-c2nc(-c3ccncc3)cc(=O)[nH]2)cc1)CC1CCOCC1. The van der Waals surface area contributed by atoms with E-state index >= 15 is 0 Å². The number of ether oxygens (including phenoxy) is 1. The van der Waals surface area contributed by atoms with Crippen LogP contribution in [0.3, 0.4) is 0 Å². The van der Waals surface area contributed by atoms with Crippen molar-refractivity contribution in [2.24, 2.45) is 5.92 Å².